The fourth-order valence-electron chi connectivity index (χ4n) is 4.17. The van der Waals surface area contributed by atoms with Gasteiger partial charge in [-0.05, 0) is 55.5 Å². The largest absolute Gasteiger partial charge is 0.490 e. The first-order valence-corrected chi connectivity index (χ1v) is 11.8. The van der Waals surface area contributed by atoms with Crippen molar-refractivity contribution < 1.29 is 9.47 Å². The quantitative estimate of drug-likeness (QED) is 0.466. The van der Waals surface area contributed by atoms with Gasteiger partial charge in [-0.25, -0.2) is 0 Å². The Balaban J connectivity index is 1.31. The van der Waals surface area contributed by atoms with E-state index < -0.39 is 0 Å². The molecule has 1 aromatic heterocycles. The van der Waals surface area contributed by atoms with E-state index in [0.717, 1.165) is 55.2 Å². The highest BCUT2D eigenvalue weighted by molar-refractivity contribution is 5.81. The summed E-state index contributed by atoms with van der Waals surface area (Å²) in [4.78, 5) is 7.10. The number of hydrogen-bond acceptors (Lipinski definition) is 5. The molecule has 3 aromatic rings. The Kier molecular flexibility index (Phi) is 7.48. The lowest BCUT2D eigenvalue weighted by Gasteiger charge is -2.33. The van der Waals surface area contributed by atoms with Gasteiger partial charge in [-0.2, -0.15) is 0 Å². The maximum atomic E-state index is 5.94. The number of fused-ring (bicyclic) bond motifs is 1. The van der Waals surface area contributed by atoms with Crippen LogP contribution in [0.15, 0.2) is 54.7 Å². The lowest BCUT2D eigenvalue weighted by Crippen LogP contribution is -2.38. The van der Waals surface area contributed by atoms with E-state index in [9.17, 15) is 0 Å². The van der Waals surface area contributed by atoms with Gasteiger partial charge in [0.15, 0.2) is 11.5 Å². The zero-order valence-corrected chi connectivity index (χ0v) is 19.5. The Bertz CT molecular complexity index is 1010. The van der Waals surface area contributed by atoms with Crippen molar-refractivity contribution in [3.8, 4) is 11.5 Å². The van der Waals surface area contributed by atoms with E-state index >= 15 is 0 Å². The average molecular weight is 434 g/mol. The Morgan fingerprint density at radius 2 is 1.84 bits per heavy atom. The molecule has 1 aliphatic rings. The van der Waals surface area contributed by atoms with Crippen molar-refractivity contribution in [2.45, 2.75) is 46.2 Å². The summed E-state index contributed by atoms with van der Waals surface area (Å²) in [6, 6.07) is 17.3. The maximum absolute atomic E-state index is 5.94. The molecule has 1 fully saturated rings. The average Bonchev–Trinajstić information content (AvgIpc) is 2.80. The zero-order valence-electron chi connectivity index (χ0n) is 19.5. The molecule has 1 N–H and O–H groups in total. The number of pyridine rings is 1. The molecule has 0 radical (unpaired) electrons. The van der Waals surface area contributed by atoms with E-state index in [1.165, 1.54) is 10.9 Å². The second-order valence-corrected chi connectivity index (χ2v) is 9.03. The van der Waals surface area contributed by atoms with Gasteiger partial charge in [-0.1, -0.05) is 38.1 Å². The van der Waals surface area contributed by atoms with Crippen LogP contribution in [0.25, 0.3) is 10.9 Å². The van der Waals surface area contributed by atoms with Gasteiger partial charge < -0.3 is 14.8 Å². The van der Waals surface area contributed by atoms with Crippen LogP contribution >= 0.6 is 0 Å². The van der Waals surface area contributed by atoms with Crippen molar-refractivity contribution in [2.24, 2.45) is 5.92 Å². The third kappa shape index (κ3) is 5.92. The fourth-order valence-corrected chi connectivity index (χ4v) is 4.17. The molecule has 2 heterocycles. The van der Waals surface area contributed by atoms with Gasteiger partial charge in [0, 0.05) is 31.1 Å². The van der Waals surface area contributed by atoms with E-state index in [4.69, 9.17) is 9.47 Å². The number of piperidine rings is 1. The number of hydrogen-bond donors (Lipinski definition) is 1. The summed E-state index contributed by atoms with van der Waals surface area (Å²) in [6.45, 7) is 10.8. The van der Waals surface area contributed by atoms with Gasteiger partial charge in [0.1, 0.15) is 0 Å². The highest BCUT2D eigenvalue weighted by Crippen LogP contribution is 2.30. The molecule has 1 aliphatic heterocycles. The van der Waals surface area contributed by atoms with Crippen LogP contribution in [-0.4, -0.2) is 42.2 Å². The normalized spacial score (nSPS) is 15.2. The molecule has 0 spiro atoms. The van der Waals surface area contributed by atoms with Crippen LogP contribution in [0.2, 0.25) is 0 Å². The molecule has 4 rings (SSSR count). The summed E-state index contributed by atoms with van der Waals surface area (Å²) >= 11 is 0. The van der Waals surface area contributed by atoms with Gasteiger partial charge in [0.25, 0.3) is 0 Å². The molecular formula is C27H35N3O2. The van der Waals surface area contributed by atoms with Crippen molar-refractivity contribution in [1.82, 2.24) is 9.88 Å². The van der Waals surface area contributed by atoms with Crippen LogP contribution in [0.4, 0.5) is 5.69 Å². The summed E-state index contributed by atoms with van der Waals surface area (Å²) in [5.41, 5.74) is 3.43. The zero-order chi connectivity index (χ0) is 22.3. The minimum Gasteiger partial charge on any atom is -0.490 e. The van der Waals surface area contributed by atoms with Gasteiger partial charge in [0.05, 0.1) is 30.6 Å². The number of rotatable bonds is 9. The first-order chi connectivity index (χ1) is 15.6. The highest BCUT2D eigenvalue weighted by atomic mass is 16.5. The molecule has 0 saturated carbocycles. The second-order valence-electron chi connectivity index (χ2n) is 9.03. The lowest BCUT2D eigenvalue weighted by atomic mass is 10.0. The molecule has 1 saturated heterocycles. The van der Waals surface area contributed by atoms with Crippen LogP contribution in [0, 0.1) is 5.92 Å². The lowest BCUT2D eigenvalue weighted by molar-refractivity contribution is 0.210. The number of likely N-dealkylation sites (tertiary alicyclic amines) is 1. The first kappa shape index (κ1) is 22.4. The molecular weight excluding hydrogens is 398 g/mol. The number of ether oxygens (including phenoxy) is 2. The minimum atomic E-state index is 0.486. The predicted octanol–water partition coefficient (Wildman–Crippen LogP) is 5.74. The number of benzene rings is 2. The van der Waals surface area contributed by atoms with Gasteiger partial charge in [-0.15, -0.1) is 0 Å². The van der Waals surface area contributed by atoms with Gasteiger partial charge >= 0.3 is 0 Å². The molecule has 0 aliphatic carbocycles. The summed E-state index contributed by atoms with van der Waals surface area (Å²) in [7, 11) is 0. The monoisotopic (exact) mass is 433 g/mol. The van der Waals surface area contributed by atoms with Crippen LogP contribution in [0.1, 0.15) is 39.2 Å². The Hall–Kier alpha value is -2.79. The summed E-state index contributed by atoms with van der Waals surface area (Å²) < 4.78 is 11.8. The standard InChI is InChI=1S/C27H35N3O2/c1-4-31-27-15-21(9-10-26(27)32-19-20(2)3)18-30-13-11-23(12-14-30)29-24-16-22-7-5-6-8-25(22)28-17-24/h5-10,15-17,20,23,29H,4,11-14,18-19H2,1-3H3. The Morgan fingerprint density at radius 3 is 2.62 bits per heavy atom. The molecule has 170 valence electrons. The molecule has 0 unspecified atom stereocenters. The minimum absolute atomic E-state index is 0.486. The van der Waals surface area contributed by atoms with E-state index in [1.807, 2.05) is 19.2 Å². The van der Waals surface area contributed by atoms with Crippen LogP contribution in [-0.2, 0) is 6.54 Å². The number of nitrogens with one attached hydrogen (secondary N) is 1. The third-order valence-electron chi connectivity index (χ3n) is 5.84. The topological polar surface area (TPSA) is 46.6 Å². The fraction of sp³-hybridized carbons (Fsp3) is 0.444. The Morgan fingerprint density at radius 1 is 1.03 bits per heavy atom. The number of aromatic nitrogens is 1. The van der Waals surface area contributed by atoms with E-state index in [1.54, 1.807) is 0 Å². The summed E-state index contributed by atoms with van der Waals surface area (Å²) in [5.74, 6) is 2.19. The van der Waals surface area contributed by atoms with Crippen molar-refractivity contribution in [3.63, 3.8) is 0 Å². The van der Waals surface area contributed by atoms with Crippen LogP contribution in [0.5, 0.6) is 11.5 Å². The second kappa shape index (κ2) is 10.7. The van der Waals surface area contributed by atoms with Crippen molar-refractivity contribution in [2.75, 3.05) is 31.6 Å². The highest BCUT2D eigenvalue weighted by Gasteiger charge is 2.20. The maximum Gasteiger partial charge on any atom is 0.161 e. The SMILES string of the molecule is CCOc1cc(CN2CCC(Nc3cnc4ccccc4c3)CC2)ccc1OCC(C)C. The first-order valence-electron chi connectivity index (χ1n) is 11.8. The molecule has 2 aromatic carbocycles. The van der Waals surface area contributed by atoms with Crippen molar-refractivity contribution in [1.29, 1.82) is 0 Å². The number of nitrogens with zero attached hydrogens (tertiary/aromatic N) is 2. The van der Waals surface area contributed by atoms with Gasteiger partial charge in [0.2, 0.25) is 0 Å². The molecule has 0 bridgehead atoms. The van der Waals surface area contributed by atoms with Crippen molar-refractivity contribution in [3.05, 3.63) is 60.3 Å². The van der Waals surface area contributed by atoms with Crippen LogP contribution in [0.3, 0.4) is 0 Å². The smallest absolute Gasteiger partial charge is 0.161 e. The third-order valence-corrected chi connectivity index (χ3v) is 5.84. The molecule has 5 nitrogen and oxygen atoms in total. The number of para-hydroxylation sites is 1. The van der Waals surface area contributed by atoms with Crippen molar-refractivity contribution >= 4 is 16.6 Å². The molecule has 0 amide bonds. The van der Waals surface area contributed by atoms with E-state index in [-0.39, 0.29) is 0 Å². The predicted molar refractivity (Wildman–Crippen MR) is 132 cm³/mol. The number of anilines is 1. The summed E-state index contributed by atoms with van der Waals surface area (Å²) in [5, 5.41) is 4.87. The van der Waals surface area contributed by atoms with E-state index in [2.05, 4.69) is 71.5 Å². The Labute approximate surface area is 191 Å². The molecule has 32 heavy (non-hydrogen) atoms. The van der Waals surface area contributed by atoms with Crippen LogP contribution < -0.4 is 14.8 Å². The summed E-state index contributed by atoms with van der Waals surface area (Å²) in [6.07, 6.45) is 4.20. The molecule has 5 heteroatoms. The van der Waals surface area contributed by atoms with Gasteiger partial charge in [-0.3, -0.25) is 9.88 Å². The van der Waals surface area contributed by atoms with E-state index in [0.29, 0.717) is 25.2 Å². The molecule has 0 atom stereocenters.